The van der Waals surface area contributed by atoms with Gasteiger partial charge >= 0.3 is 0 Å². The molecule has 0 atom stereocenters. The van der Waals surface area contributed by atoms with E-state index in [9.17, 15) is 0 Å². The zero-order valence-electron chi connectivity index (χ0n) is 11.3. The Labute approximate surface area is 108 Å². The lowest BCUT2D eigenvalue weighted by Crippen LogP contribution is -2.45. The van der Waals surface area contributed by atoms with Gasteiger partial charge in [-0.3, -0.25) is 5.41 Å². The number of anilines is 1. The van der Waals surface area contributed by atoms with Crippen molar-refractivity contribution in [1.29, 1.82) is 5.41 Å². The molecular formula is C13H21N5. The van der Waals surface area contributed by atoms with E-state index in [1.165, 1.54) is 0 Å². The summed E-state index contributed by atoms with van der Waals surface area (Å²) in [5.74, 6) is 2.10. The highest BCUT2D eigenvalue weighted by atomic mass is 15.2. The molecule has 1 aromatic heterocycles. The Hall–Kier alpha value is -1.65. The number of hydrogen-bond acceptors (Lipinski definition) is 4. The third-order valence-corrected chi connectivity index (χ3v) is 3.79. The van der Waals surface area contributed by atoms with Crippen molar-refractivity contribution < 1.29 is 0 Å². The first-order valence-electron chi connectivity index (χ1n) is 6.32. The summed E-state index contributed by atoms with van der Waals surface area (Å²) in [6.45, 7) is 7.77. The molecule has 0 unspecified atom stereocenters. The maximum atomic E-state index is 7.66. The summed E-state index contributed by atoms with van der Waals surface area (Å²) >= 11 is 0. The first kappa shape index (κ1) is 12.8. The number of nitrogens with zero attached hydrogens (tertiary/aromatic N) is 3. The SMILES string of the molecule is Cc1cc(N2CCC(C)(C(=N)N)CC2)nc(C)n1. The van der Waals surface area contributed by atoms with E-state index < -0.39 is 0 Å². The van der Waals surface area contributed by atoms with Crippen LogP contribution in [0, 0.1) is 24.7 Å². The summed E-state index contributed by atoms with van der Waals surface area (Å²) in [5, 5.41) is 7.66. The van der Waals surface area contributed by atoms with E-state index in [2.05, 4.69) is 21.8 Å². The molecule has 1 aliphatic rings. The molecule has 0 aliphatic carbocycles. The van der Waals surface area contributed by atoms with Gasteiger partial charge in [0.1, 0.15) is 11.6 Å². The average molecular weight is 247 g/mol. The van der Waals surface area contributed by atoms with Gasteiger partial charge in [-0.05, 0) is 26.7 Å². The molecule has 3 N–H and O–H groups in total. The van der Waals surface area contributed by atoms with Crippen LogP contribution in [0.3, 0.4) is 0 Å². The topological polar surface area (TPSA) is 78.9 Å². The summed E-state index contributed by atoms with van der Waals surface area (Å²) in [6, 6.07) is 2.02. The van der Waals surface area contributed by atoms with Crippen LogP contribution in [0.5, 0.6) is 0 Å². The summed E-state index contributed by atoms with van der Waals surface area (Å²) in [5.41, 5.74) is 6.53. The molecule has 0 saturated carbocycles. The monoisotopic (exact) mass is 247 g/mol. The number of aromatic nitrogens is 2. The Balaban J connectivity index is 2.12. The Morgan fingerprint density at radius 2 is 1.94 bits per heavy atom. The molecule has 0 aromatic carbocycles. The van der Waals surface area contributed by atoms with E-state index in [1.807, 2.05) is 19.9 Å². The molecule has 98 valence electrons. The molecule has 1 aromatic rings. The lowest BCUT2D eigenvalue weighted by Gasteiger charge is -2.39. The van der Waals surface area contributed by atoms with Crippen LogP contribution >= 0.6 is 0 Å². The second-order valence-electron chi connectivity index (χ2n) is 5.38. The smallest absolute Gasteiger partial charge is 0.132 e. The molecule has 1 aliphatic heterocycles. The van der Waals surface area contributed by atoms with Crippen LogP contribution in [0.1, 0.15) is 31.3 Å². The van der Waals surface area contributed by atoms with E-state index in [-0.39, 0.29) is 5.41 Å². The maximum absolute atomic E-state index is 7.66. The Morgan fingerprint density at radius 3 is 2.44 bits per heavy atom. The molecule has 2 rings (SSSR count). The minimum atomic E-state index is -0.145. The Kier molecular flexibility index (Phi) is 3.24. The number of hydrogen-bond donors (Lipinski definition) is 2. The van der Waals surface area contributed by atoms with Gasteiger partial charge in [-0.1, -0.05) is 6.92 Å². The summed E-state index contributed by atoms with van der Waals surface area (Å²) < 4.78 is 0. The van der Waals surface area contributed by atoms with Gasteiger partial charge < -0.3 is 10.6 Å². The van der Waals surface area contributed by atoms with Crippen LogP contribution in [-0.4, -0.2) is 28.9 Å². The minimum absolute atomic E-state index is 0.145. The first-order valence-corrected chi connectivity index (χ1v) is 6.32. The van der Waals surface area contributed by atoms with Crippen molar-refractivity contribution in [3.05, 3.63) is 17.6 Å². The predicted octanol–water partition coefficient (Wildman–Crippen LogP) is 1.64. The lowest BCUT2D eigenvalue weighted by atomic mass is 9.79. The van der Waals surface area contributed by atoms with Crippen LogP contribution < -0.4 is 10.6 Å². The van der Waals surface area contributed by atoms with Crippen molar-refractivity contribution in [2.75, 3.05) is 18.0 Å². The van der Waals surface area contributed by atoms with Crippen molar-refractivity contribution >= 4 is 11.7 Å². The third-order valence-electron chi connectivity index (χ3n) is 3.79. The van der Waals surface area contributed by atoms with Crippen molar-refractivity contribution in [1.82, 2.24) is 9.97 Å². The van der Waals surface area contributed by atoms with Crippen molar-refractivity contribution in [3.63, 3.8) is 0 Å². The minimum Gasteiger partial charge on any atom is -0.387 e. The van der Waals surface area contributed by atoms with Crippen molar-refractivity contribution in [3.8, 4) is 0 Å². The van der Waals surface area contributed by atoms with Gasteiger partial charge in [0.05, 0.1) is 5.84 Å². The highest BCUT2D eigenvalue weighted by Crippen LogP contribution is 2.32. The van der Waals surface area contributed by atoms with Gasteiger partial charge in [0.25, 0.3) is 0 Å². The van der Waals surface area contributed by atoms with E-state index in [1.54, 1.807) is 0 Å². The molecule has 1 fully saturated rings. The van der Waals surface area contributed by atoms with Crippen LogP contribution in [0.25, 0.3) is 0 Å². The largest absolute Gasteiger partial charge is 0.387 e. The third kappa shape index (κ3) is 2.44. The fourth-order valence-electron chi connectivity index (χ4n) is 2.36. The number of piperidine rings is 1. The highest BCUT2D eigenvalue weighted by Gasteiger charge is 2.33. The molecule has 5 heteroatoms. The zero-order chi connectivity index (χ0) is 13.3. The van der Waals surface area contributed by atoms with Crippen molar-refractivity contribution in [2.24, 2.45) is 11.1 Å². The van der Waals surface area contributed by atoms with Gasteiger partial charge in [-0.2, -0.15) is 0 Å². The molecule has 1 saturated heterocycles. The normalized spacial score (nSPS) is 18.7. The van der Waals surface area contributed by atoms with E-state index in [0.717, 1.165) is 43.3 Å². The molecule has 2 heterocycles. The number of amidine groups is 1. The van der Waals surface area contributed by atoms with Crippen LogP contribution in [0.4, 0.5) is 5.82 Å². The Bertz CT molecular complexity index is 440. The number of rotatable bonds is 2. The number of nitrogens with one attached hydrogen (secondary N) is 1. The van der Waals surface area contributed by atoms with Gasteiger partial charge in [-0.15, -0.1) is 0 Å². The number of aryl methyl sites for hydroxylation is 2. The molecule has 0 amide bonds. The van der Waals surface area contributed by atoms with Gasteiger partial charge in [0, 0.05) is 30.3 Å². The predicted molar refractivity (Wildman–Crippen MR) is 73.0 cm³/mol. The second kappa shape index (κ2) is 4.55. The van der Waals surface area contributed by atoms with E-state index in [0.29, 0.717) is 5.84 Å². The molecule has 0 spiro atoms. The van der Waals surface area contributed by atoms with Crippen LogP contribution in [0.15, 0.2) is 6.07 Å². The fourth-order valence-corrected chi connectivity index (χ4v) is 2.36. The van der Waals surface area contributed by atoms with E-state index >= 15 is 0 Å². The summed E-state index contributed by atoms with van der Waals surface area (Å²) in [7, 11) is 0. The van der Waals surface area contributed by atoms with Gasteiger partial charge in [-0.25, -0.2) is 9.97 Å². The average Bonchev–Trinajstić information content (AvgIpc) is 2.28. The van der Waals surface area contributed by atoms with E-state index in [4.69, 9.17) is 11.1 Å². The van der Waals surface area contributed by atoms with Crippen molar-refractivity contribution in [2.45, 2.75) is 33.6 Å². The molecule has 18 heavy (non-hydrogen) atoms. The van der Waals surface area contributed by atoms with Gasteiger partial charge in [0.15, 0.2) is 0 Å². The molecule has 0 bridgehead atoms. The van der Waals surface area contributed by atoms with Gasteiger partial charge in [0.2, 0.25) is 0 Å². The molecule has 0 radical (unpaired) electrons. The zero-order valence-corrected chi connectivity index (χ0v) is 11.3. The highest BCUT2D eigenvalue weighted by molar-refractivity contribution is 5.83. The standard InChI is InChI=1S/C13H21N5/c1-9-8-11(17-10(2)16-9)18-6-4-13(3,5-7-18)12(14)15/h8H,4-7H2,1-3H3,(H3,14,15). The summed E-state index contributed by atoms with van der Waals surface area (Å²) in [4.78, 5) is 11.0. The Morgan fingerprint density at radius 1 is 1.33 bits per heavy atom. The lowest BCUT2D eigenvalue weighted by molar-refractivity contribution is 0.350. The van der Waals surface area contributed by atoms with Crippen LogP contribution in [0.2, 0.25) is 0 Å². The fraction of sp³-hybridized carbons (Fsp3) is 0.615. The van der Waals surface area contributed by atoms with Crippen LogP contribution in [-0.2, 0) is 0 Å². The first-order chi connectivity index (χ1) is 8.40. The summed E-state index contributed by atoms with van der Waals surface area (Å²) in [6.07, 6.45) is 1.81. The molecular weight excluding hydrogens is 226 g/mol. The molecule has 5 nitrogen and oxygen atoms in total. The number of nitrogens with two attached hydrogens (primary N) is 1. The quantitative estimate of drug-likeness (QED) is 0.615. The maximum Gasteiger partial charge on any atom is 0.132 e. The second-order valence-corrected chi connectivity index (χ2v) is 5.38.